The Bertz CT molecular complexity index is 1150. The lowest BCUT2D eigenvalue weighted by atomic mass is 10.1. The molecule has 0 amide bonds. The van der Waals surface area contributed by atoms with Crippen molar-refractivity contribution in [1.29, 1.82) is 0 Å². The van der Waals surface area contributed by atoms with Gasteiger partial charge >= 0.3 is 5.97 Å². The minimum atomic E-state index is -0.387. The van der Waals surface area contributed by atoms with Gasteiger partial charge < -0.3 is 4.74 Å². The van der Waals surface area contributed by atoms with Gasteiger partial charge in [-0.2, -0.15) is 5.10 Å². The number of hydrogen-bond donors (Lipinski definition) is 0. The van der Waals surface area contributed by atoms with Crippen LogP contribution in [-0.4, -0.2) is 15.7 Å². The number of benzene rings is 3. The monoisotopic (exact) mass is 370 g/mol. The summed E-state index contributed by atoms with van der Waals surface area (Å²) in [5.74, 6) is 0.262. The van der Waals surface area contributed by atoms with Gasteiger partial charge in [-0.1, -0.05) is 68.4 Å². The predicted octanol–water partition coefficient (Wildman–Crippen LogP) is 5.68. The molecule has 0 fully saturated rings. The van der Waals surface area contributed by atoms with Gasteiger partial charge in [-0.3, -0.25) is 0 Å². The van der Waals surface area contributed by atoms with Crippen LogP contribution in [0.5, 0.6) is 5.88 Å². The molecule has 28 heavy (non-hydrogen) atoms. The minimum absolute atomic E-state index is 0.222. The summed E-state index contributed by atoms with van der Waals surface area (Å²) < 4.78 is 7.56. The largest absolute Gasteiger partial charge is 0.404 e. The smallest absolute Gasteiger partial charge is 0.345 e. The highest BCUT2D eigenvalue weighted by molar-refractivity contribution is 6.05. The third-order valence-corrected chi connectivity index (χ3v) is 4.84. The van der Waals surface area contributed by atoms with Gasteiger partial charge in [0.15, 0.2) is 0 Å². The maximum atomic E-state index is 13.0. The molecular weight excluding hydrogens is 348 g/mol. The molecule has 0 spiro atoms. The zero-order valence-electron chi connectivity index (χ0n) is 16.2. The second kappa shape index (κ2) is 7.31. The Morgan fingerprint density at radius 3 is 2.46 bits per heavy atom. The Labute approximate surface area is 164 Å². The molecule has 0 aliphatic rings. The van der Waals surface area contributed by atoms with Gasteiger partial charge in [0, 0.05) is 6.07 Å². The van der Waals surface area contributed by atoms with Crippen LogP contribution >= 0.6 is 0 Å². The number of hydrogen-bond acceptors (Lipinski definition) is 3. The molecule has 3 aromatic carbocycles. The highest BCUT2D eigenvalue weighted by Gasteiger charge is 2.19. The number of para-hydroxylation sites is 1. The van der Waals surface area contributed by atoms with Crippen LogP contribution in [0.25, 0.3) is 16.5 Å². The van der Waals surface area contributed by atoms with Gasteiger partial charge in [0.25, 0.3) is 0 Å². The summed E-state index contributed by atoms with van der Waals surface area (Å²) in [6, 6.07) is 23.2. The van der Waals surface area contributed by atoms with Gasteiger partial charge in [0.1, 0.15) is 0 Å². The fourth-order valence-electron chi connectivity index (χ4n) is 3.26. The topological polar surface area (TPSA) is 44.1 Å². The molecule has 4 rings (SSSR count). The van der Waals surface area contributed by atoms with E-state index in [4.69, 9.17) is 4.74 Å². The van der Waals surface area contributed by atoms with Crippen molar-refractivity contribution < 1.29 is 9.53 Å². The zero-order chi connectivity index (χ0) is 19.7. The first-order valence-electron chi connectivity index (χ1n) is 9.40. The molecule has 1 heterocycles. The quantitative estimate of drug-likeness (QED) is 0.434. The third-order valence-electron chi connectivity index (χ3n) is 4.84. The van der Waals surface area contributed by atoms with E-state index in [1.165, 1.54) is 0 Å². The summed E-state index contributed by atoms with van der Waals surface area (Å²) in [4.78, 5) is 13.0. The number of carbonyl (C=O) groups excluding carboxylic acids is 1. The average molecular weight is 370 g/mol. The van der Waals surface area contributed by atoms with E-state index >= 15 is 0 Å². The second-order valence-corrected chi connectivity index (χ2v) is 7.18. The molecule has 4 heteroatoms. The number of aryl methyl sites for hydroxylation is 1. The van der Waals surface area contributed by atoms with E-state index in [2.05, 4.69) is 18.9 Å². The average Bonchev–Trinajstić information content (AvgIpc) is 3.11. The van der Waals surface area contributed by atoms with Gasteiger partial charge in [0.05, 0.1) is 16.9 Å². The summed E-state index contributed by atoms with van der Waals surface area (Å²) in [5, 5.41) is 6.57. The molecular formula is C24H22N2O2. The van der Waals surface area contributed by atoms with Crippen molar-refractivity contribution in [3.05, 3.63) is 89.6 Å². The zero-order valence-corrected chi connectivity index (χ0v) is 16.2. The molecule has 0 radical (unpaired) electrons. The number of esters is 1. The highest BCUT2D eigenvalue weighted by Crippen LogP contribution is 2.27. The number of carbonyl (C=O) groups is 1. The molecule has 0 N–H and O–H groups in total. The summed E-state index contributed by atoms with van der Waals surface area (Å²) in [6.07, 6.45) is 0. The normalized spacial score (nSPS) is 11.1. The number of nitrogens with zero attached hydrogens (tertiary/aromatic N) is 2. The molecule has 4 nitrogen and oxygen atoms in total. The number of aromatic nitrogens is 2. The van der Waals surface area contributed by atoms with E-state index in [9.17, 15) is 4.79 Å². The maximum absolute atomic E-state index is 13.0. The Kier molecular flexibility index (Phi) is 4.70. The lowest BCUT2D eigenvalue weighted by Gasteiger charge is -2.11. The van der Waals surface area contributed by atoms with E-state index in [1.54, 1.807) is 10.7 Å². The van der Waals surface area contributed by atoms with Crippen LogP contribution in [0.2, 0.25) is 0 Å². The number of ether oxygens (including phenoxy) is 1. The molecule has 0 bridgehead atoms. The van der Waals surface area contributed by atoms with Crippen molar-refractivity contribution in [1.82, 2.24) is 9.78 Å². The van der Waals surface area contributed by atoms with Crippen molar-refractivity contribution in [2.75, 3.05) is 0 Å². The first-order chi connectivity index (χ1) is 13.5. The molecule has 0 unspecified atom stereocenters. The Hall–Kier alpha value is -3.40. The maximum Gasteiger partial charge on any atom is 0.345 e. The summed E-state index contributed by atoms with van der Waals surface area (Å²) in [6.45, 7) is 6.16. The van der Waals surface area contributed by atoms with Crippen molar-refractivity contribution in [2.45, 2.75) is 26.7 Å². The summed E-state index contributed by atoms with van der Waals surface area (Å²) >= 11 is 0. The van der Waals surface area contributed by atoms with Gasteiger partial charge in [0.2, 0.25) is 5.88 Å². The van der Waals surface area contributed by atoms with Gasteiger partial charge in [-0.05, 0) is 41.3 Å². The van der Waals surface area contributed by atoms with Gasteiger partial charge in [-0.25, -0.2) is 9.48 Å². The third kappa shape index (κ3) is 3.29. The van der Waals surface area contributed by atoms with Crippen LogP contribution in [-0.2, 0) is 0 Å². The lowest BCUT2D eigenvalue weighted by molar-refractivity contribution is 0.0725. The Balaban J connectivity index is 1.77. The fourth-order valence-corrected chi connectivity index (χ4v) is 3.26. The van der Waals surface area contributed by atoms with E-state index in [1.807, 2.05) is 73.7 Å². The molecule has 4 aromatic rings. The first-order valence-corrected chi connectivity index (χ1v) is 9.40. The number of rotatable bonds is 4. The predicted molar refractivity (Wildman–Crippen MR) is 111 cm³/mol. The molecule has 0 saturated heterocycles. The summed E-state index contributed by atoms with van der Waals surface area (Å²) in [5.41, 5.74) is 3.38. The molecule has 0 atom stereocenters. The number of fused-ring (bicyclic) bond motifs is 1. The Morgan fingerprint density at radius 1 is 0.964 bits per heavy atom. The molecule has 1 aromatic heterocycles. The van der Waals surface area contributed by atoms with Crippen molar-refractivity contribution in [3.8, 4) is 11.6 Å². The van der Waals surface area contributed by atoms with Crippen molar-refractivity contribution >= 4 is 16.7 Å². The second-order valence-electron chi connectivity index (χ2n) is 7.18. The Morgan fingerprint density at radius 2 is 1.68 bits per heavy atom. The first kappa shape index (κ1) is 18.0. The standard InChI is InChI=1S/C24H22N2O2/c1-16(2)21-15-23(26(25-21)22-14-7-4-9-17(22)3)28-24(27)20-13-8-11-18-10-5-6-12-19(18)20/h4-16H,1-3H3. The molecule has 0 saturated carbocycles. The van der Waals surface area contributed by atoms with Gasteiger partial charge in [-0.15, -0.1) is 0 Å². The summed E-state index contributed by atoms with van der Waals surface area (Å²) in [7, 11) is 0. The highest BCUT2D eigenvalue weighted by atomic mass is 16.5. The van der Waals surface area contributed by atoms with E-state index in [0.29, 0.717) is 11.4 Å². The van der Waals surface area contributed by atoms with Crippen LogP contribution in [0.15, 0.2) is 72.8 Å². The molecule has 0 aliphatic heterocycles. The van der Waals surface area contributed by atoms with E-state index < -0.39 is 0 Å². The fraction of sp³-hybridized carbons (Fsp3) is 0.167. The minimum Gasteiger partial charge on any atom is -0.404 e. The van der Waals surface area contributed by atoms with Crippen LogP contribution in [0.3, 0.4) is 0 Å². The lowest BCUT2D eigenvalue weighted by Crippen LogP contribution is -2.12. The van der Waals surface area contributed by atoms with E-state index in [0.717, 1.165) is 27.7 Å². The SMILES string of the molecule is Cc1ccccc1-n1nc(C(C)C)cc1OC(=O)c1cccc2ccccc12. The van der Waals surface area contributed by atoms with Crippen LogP contribution in [0.4, 0.5) is 0 Å². The van der Waals surface area contributed by atoms with Crippen molar-refractivity contribution in [3.63, 3.8) is 0 Å². The van der Waals surface area contributed by atoms with Crippen LogP contribution in [0, 0.1) is 6.92 Å². The molecule has 0 aliphatic carbocycles. The van der Waals surface area contributed by atoms with Crippen LogP contribution < -0.4 is 4.74 Å². The van der Waals surface area contributed by atoms with Crippen LogP contribution in [0.1, 0.15) is 41.4 Å². The van der Waals surface area contributed by atoms with Crippen molar-refractivity contribution in [2.24, 2.45) is 0 Å². The molecule has 140 valence electrons. The van der Waals surface area contributed by atoms with E-state index in [-0.39, 0.29) is 11.9 Å².